The Labute approximate surface area is 156 Å². The number of nitrogens with one attached hydrogen (secondary N) is 1. The standard InChI is InChI=1S/C20H32N2O4/c1-14-9-15(2)13-22(12-14)8-6-7-21-20(23)16-10-17(24-3)19(26-5)18(11-16)25-4/h10-11,14-15H,6-9,12-13H2,1-5H3,(H,21,23). The summed E-state index contributed by atoms with van der Waals surface area (Å²) in [5.74, 6) is 2.83. The predicted molar refractivity (Wildman–Crippen MR) is 102 cm³/mol. The van der Waals surface area contributed by atoms with Crippen molar-refractivity contribution in [3.05, 3.63) is 17.7 Å². The number of benzene rings is 1. The van der Waals surface area contributed by atoms with E-state index in [1.165, 1.54) is 6.42 Å². The van der Waals surface area contributed by atoms with E-state index in [2.05, 4.69) is 24.1 Å². The maximum atomic E-state index is 12.5. The van der Waals surface area contributed by atoms with Crippen LogP contribution in [0.1, 0.15) is 37.0 Å². The highest BCUT2D eigenvalue weighted by atomic mass is 16.5. The summed E-state index contributed by atoms with van der Waals surface area (Å²) < 4.78 is 15.9. The van der Waals surface area contributed by atoms with Crippen molar-refractivity contribution in [2.24, 2.45) is 11.8 Å². The van der Waals surface area contributed by atoms with E-state index in [1.807, 2.05) is 0 Å². The molecule has 0 spiro atoms. The maximum Gasteiger partial charge on any atom is 0.251 e. The van der Waals surface area contributed by atoms with Crippen molar-refractivity contribution in [2.75, 3.05) is 47.5 Å². The summed E-state index contributed by atoms with van der Waals surface area (Å²) >= 11 is 0. The van der Waals surface area contributed by atoms with Gasteiger partial charge in [-0.2, -0.15) is 0 Å². The molecule has 1 heterocycles. The minimum Gasteiger partial charge on any atom is -0.493 e. The van der Waals surface area contributed by atoms with Crippen molar-refractivity contribution in [1.82, 2.24) is 10.2 Å². The van der Waals surface area contributed by atoms with E-state index in [0.29, 0.717) is 29.4 Å². The summed E-state index contributed by atoms with van der Waals surface area (Å²) in [6, 6.07) is 3.34. The minimum atomic E-state index is -0.135. The fourth-order valence-electron chi connectivity index (χ4n) is 3.79. The number of rotatable bonds is 8. The van der Waals surface area contributed by atoms with Crippen molar-refractivity contribution >= 4 is 5.91 Å². The molecule has 6 nitrogen and oxygen atoms in total. The highest BCUT2D eigenvalue weighted by Crippen LogP contribution is 2.38. The van der Waals surface area contributed by atoms with Crippen molar-refractivity contribution < 1.29 is 19.0 Å². The normalized spacial score (nSPS) is 20.5. The van der Waals surface area contributed by atoms with E-state index >= 15 is 0 Å². The van der Waals surface area contributed by atoms with Gasteiger partial charge in [-0.3, -0.25) is 4.79 Å². The molecule has 1 aromatic rings. The summed E-state index contributed by atoms with van der Waals surface area (Å²) in [4.78, 5) is 15.0. The first-order chi connectivity index (χ1) is 12.5. The Morgan fingerprint density at radius 1 is 1.08 bits per heavy atom. The number of amides is 1. The van der Waals surface area contributed by atoms with Crippen LogP contribution in [0.3, 0.4) is 0 Å². The first-order valence-corrected chi connectivity index (χ1v) is 9.29. The van der Waals surface area contributed by atoms with E-state index in [1.54, 1.807) is 33.5 Å². The Morgan fingerprint density at radius 3 is 2.15 bits per heavy atom. The van der Waals surface area contributed by atoms with Gasteiger partial charge in [0.1, 0.15) is 0 Å². The molecular formula is C20H32N2O4. The van der Waals surface area contributed by atoms with Crippen LogP contribution in [-0.4, -0.2) is 58.3 Å². The molecule has 26 heavy (non-hydrogen) atoms. The lowest BCUT2D eigenvalue weighted by molar-refractivity contribution is 0.0946. The Bertz CT molecular complexity index is 570. The van der Waals surface area contributed by atoms with Crippen LogP contribution in [0.5, 0.6) is 17.2 Å². The number of ether oxygens (including phenoxy) is 3. The van der Waals surface area contributed by atoms with Gasteiger partial charge >= 0.3 is 0 Å². The Kier molecular flexibility index (Phi) is 7.57. The molecule has 0 aliphatic carbocycles. The fourth-order valence-corrected chi connectivity index (χ4v) is 3.79. The molecule has 0 bridgehead atoms. The lowest BCUT2D eigenvalue weighted by Crippen LogP contribution is -2.40. The summed E-state index contributed by atoms with van der Waals surface area (Å²) in [6.45, 7) is 8.61. The molecule has 1 saturated heterocycles. The van der Waals surface area contributed by atoms with E-state index in [-0.39, 0.29) is 5.91 Å². The summed E-state index contributed by atoms with van der Waals surface area (Å²) in [5, 5.41) is 2.98. The molecule has 1 amide bonds. The number of nitrogens with zero attached hydrogens (tertiary/aromatic N) is 1. The Balaban J connectivity index is 1.88. The molecule has 2 rings (SSSR count). The third-order valence-corrected chi connectivity index (χ3v) is 4.81. The SMILES string of the molecule is COc1cc(C(=O)NCCCN2CC(C)CC(C)C2)cc(OC)c1OC. The van der Waals surface area contributed by atoms with Gasteiger partial charge in [0, 0.05) is 25.2 Å². The molecule has 1 fully saturated rings. The number of piperidine rings is 1. The minimum absolute atomic E-state index is 0.135. The fraction of sp³-hybridized carbons (Fsp3) is 0.650. The first kappa shape index (κ1) is 20.4. The van der Waals surface area contributed by atoms with Crippen LogP contribution in [0.15, 0.2) is 12.1 Å². The van der Waals surface area contributed by atoms with Crippen molar-refractivity contribution in [3.63, 3.8) is 0 Å². The quantitative estimate of drug-likeness (QED) is 0.719. The highest BCUT2D eigenvalue weighted by Gasteiger charge is 2.21. The summed E-state index contributed by atoms with van der Waals surface area (Å²) in [5.41, 5.74) is 0.500. The second-order valence-electron chi connectivity index (χ2n) is 7.23. The van der Waals surface area contributed by atoms with Gasteiger partial charge in [-0.1, -0.05) is 13.8 Å². The molecule has 146 valence electrons. The van der Waals surface area contributed by atoms with Crippen molar-refractivity contribution in [2.45, 2.75) is 26.7 Å². The number of likely N-dealkylation sites (tertiary alicyclic amines) is 1. The van der Waals surface area contributed by atoms with Crippen LogP contribution < -0.4 is 19.5 Å². The summed E-state index contributed by atoms with van der Waals surface area (Å²) in [6.07, 6.45) is 2.25. The zero-order valence-corrected chi connectivity index (χ0v) is 16.6. The molecule has 1 aliphatic rings. The molecule has 1 aromatic carbocycles. The maximum absolute atomic E-state index is 12.5. The van der Waals surface area contributed by atoms with E-state index < -0.39 is 0 Å². The van der Waals surface area contributed by atoms with E-state index in [4.69, 9.17) is 14.2 Å². The summed E-state index contributed by atoms with van der Waals surface area (Å²) in [7, 11) is 4.63. The van der Waals surface area contributed by atoms with E-state index in [0.717, 1.165) is 37.9 Å². The van der Waals surface area contributed by atoms with Crippen molar-refractivity contribution in [1.29, 1.82) is 0 Å². The van der Waals surface area contributed by atoms with Crippen LogP contribution in [-0.2, 0) is 0 Å². The van der Waals surface area contributed by atoms with Gasteiger partial charge in [-0.25, -0.2) is 0 Å². The number of carbonyl (C=O) groups excluding carboxylic acids is 1. The monoisotopic (exact) mass is 364 g/mol. The molecule has 0 saturated carbocycles. The smallest absolute Gasteiger partial charge is 0.251 e. The van der Waals surface area contributed by atoms with E-state index in [9.17, 15) is 4.79 Å². The Morgan fingerprint density at radius 2 is 1.65 bits per heavy atom. The van der Waals surface area contributed by atoms with Crippen LogP contribution in [0.4, 0.5) is 0 Å². The largest absolute Gasteiger partial charge is 0.493 e. The second-order valence-corrected chi connectivity index (χ2v) is 7.23. The Hall–Kier alpha value is -1.95. The van der Waals surface area contributed by atoms with Gasteiger partial charge in [-0.05, 0) is 43.4 Å². The molecule has 0 radical (unpaired) electrons. The van der Waals surface area contributed by atoms with Gasteiger partial charge < -0.3 is 24.4 Å². The van der Waals surface area contributed by atoms with Crippen LogP contribution in [0, 0.1) is 11.8 Å². The first-order valence-electron chi connectivity index (χ1n) is 9.29. The van der Waals surface area contributed by atoms with Crippen molar-refractivity contribution in [3.8, 4) is 17.2 Å². The number of hydrogen-bond donors (Lipinski definition) is 1. The van der Waals surface area contributed by atoms with Gasteiger partial charge in [0.15, 0.2) is 11.5 Å². The average Bonchev–Trinajstić information content (AvgIpc) is 2.62. The number of carbonyl (C=O) groups is 1. The van der Waals surface area contributed by atoms with Crippen LogP contribution in [0.25, 0.3) is 0 Å². The number of methoxy groups -OCH3 is 3. The third kappa shape index (κ3) is 5.27. The van der Waals surface area contributed by atoms with Gasteiger partial charge in [0.25, 0.3) is 5.91 Å². The molecule has 2 atom stereocenters. The number of hydrogen-bond acceptors (Lipinski definition) is 5. The predicted octanol–water partition coefficient (Wildman–Crippen LogP) is 2.81. The third-order valence-electron chi connectivity index (χ3n) is 4.81. The highest BCUT2D eigenvalue weighted by molar-refractivity contribution is 5.95. The average molecular weight is 364 g/mol. The zero-order chi connectivity index (χ0) is 19.1. The molecular weight excluding hydrogens is 332 g/mol. The molecule has 0 aromatic heterocycles. The van der Waals surface area contributed by atoms with Crippen LogP contribution >= 0.6 is 0 Å². The lowest BCUT2D eigenvalue weighted by atomic mass is 9.92. The molecule has 6 heteroatoms. The molecule has 1 aliphatic heterocycles. The zero-order valence-electron chi connectivity index (χ0n) is 16.6. The lowest BCUT2D eigenvalue weighted by Gasteiger charge is -2.34. The second kappa shape index (κ2) is 9.67. The molecule has 2 unspecified atom stereocenters. The molecule has 1 N–H and O–H groups in total. The van der Waals surface area contributed by atoms with Crippen LogP contribution in [0.2, 0.25) is 0 Å². The van der Waals surface area contributed by atoms with Gasteiger partial charge in [0.05, 0.1) is 21.3 Å². The van der Waals surface area contributed by atoms with Gasteiger partial charge in [-0.15, -0.1) is 0 Å². The van der Waals surface area contributed by atoms with Gasteiger partial charge in [0.2, 0.25) is 5.75 Å². The topological polar surface area (TPSA) is 60.0 Å².